The molecule has 3 heteroatoms. The summed E-state index contributed by atoms with van der Waals surface area (Å²) in [6, 6.07) is 26.7. The third-order valence-electron chi connectivity index (χ3n) is 6.31. The topological polar surface area (TPSA) is 42.0 Å². The van der Waals surface area contributed by atoms with Crippen molar-refractivity contribution in [2.75, 3.05) is 0 Å². The van der Waals surface area contributed by atoms with Crippen LogP contribution in [0.1, 0.15) is 73.6 Å². The first-order valence-electron chi connectivity index (χ1n) is 12.2. The van der Waals surface area contributed by atoms with Gasteiger partial charge in [0.05, 0.1) is 22.8 Å². The van der Waals surface area contributed by atoms with Crippen molar-refractivity contribution in [1.82, 2.24) is 10.3 Å². The SMILES string of the molecule is CC(C)Cc1ccc(-c2cc(C(=O)N[C@H](C)c3ccc(C(C)C)cc3)c3ccccc3n2)cc1. The van der Waals surface area contributed by atoms with E-state index < -0.39 is 0 Å². The predicted octanol–water partition coefficient (Wildman–Crippen LogP) is 7.71. The van der Waals surface area contributed by atoms with Crippen molar-refractivity contribution in [2.45, 2.75) is 53.0 Å². The highest BCUT2D eigenvalue weighted by Gasteiger charge is 2.17. The average molecular weight is 451 g/mol. The molecule has 174 valence electrons. The molecule has 0 unspecified atom stereocenters. The lowest BCUT2D eigenvalue weighted by molar-refractivity contribution is 0.0941. The Bertz CT molecular complexity index is 1270. The van der Waals surface area contributed by atoms with Crippen LogP contribution in [0.5, 0.6) is 0 Å². The van der Waals surface area contributed by atoms with Crippen molar-refractivity contribution in [1.29, 1.82) is 0 Å². The molecule has 0 saturated carbocycles. The summed E-state index contributed by atoms with van der Waals surface area (Å²) in [6.45, 7) is 10.8. The van der Waals surface area contributed by atoms with Gasteiger partial charge in [-0.15, -0.1) is 0 Å². The zero-order valence-corrected chi connectivity index (χ0v) is 20.8. The first-order valence-corrected chi connectivity index (χ1v) is 12.2. The van der Waals surface area contributed by atoms with Crippen LogP contribution in [0, 0.1) is 5.92 Å². The van der Waals surface area contributed by atoms with E-state index in [0.717, 1.165) is 34.1 Å². The van der Waals surface area contributed by atoms with Crippen molar-refractivity contribution in [2.24, 2.45) is 5.92 Å². The lowest BCUT2D eigenvalue weighted by Gasteiger charge is -2.17. The Hall–Kier alpha value is -3.46. The van der Waals surface area contributed by atoms with Crippen molar-refractivity contribution in [3.05, 3.63) is 101 Å². The summed E-state index contributed by atoms with van der Waals surface area (Å²) in [5.41, 5.74) is 7.01. The Morgan fingerprint density at radius 1 is 0.824 bits per heavy atom. The number of aromatic nitrogens is 1. The molecular weight excluding hydrogens is 416 g/mol. The highest BCUT2D eigenvalue weighted by atomic mass is 16.1. The van der Waals surface area contributed by atoms with E-state index in [1.54, 1.807) is 0 Å². The highest BCUT2D eigenvalue weighted by Crippen LogP contribution is 2.26. The molecule has 1 atom stereocenters. The monoisotopic (exact) mass is 450 g/mol. The van der Waals surface area contributed by atoms with Gasteiger partial charge in [-0.2, -0.15) is 0 Å². The lowest BCUT2D eigenvalue weighted by atomic mass is 9.98. The second-order valence-electron chi connectivity index (χ2n) is 9.88. The largest absolute Gasteiger partial charge is 0.345 e. The number of amides is 1. The minimum atomic E-state index is -0.0978. The summed E-state index contributed by atoms with van der Waals surface area (Å²) in [5, 5.41) is 4.06. The summed E-state index contributed by atoms with van der Waals surface area (Å²) in [4.78, 5) is 18.3. The molecule has 0 bridgehead atoms. The number of nitrogens with one attached hydrogen (secondary N) is 1. The van der Waals surface area contributed by atoms with Crippen LogP contribution in [-0.2, 0) is 6.42 Å². The molecule has 0 radical (unpaired) electrons. The second-order valence-corrected chi connectivity index (χ2v) is 9.88. The van der Waals surface area contributed by atoms with Gasteiger partial charge in [-0.05, 0) is 54.0 Å². The quantitative estimate of drug-likeness (QED) is 0.313. The molecule has 0 fully saturated rings. The number of pyridine rings is 1. The molecule has 3 aromatic carbocycles. The van der Waals surface area contributed by atoms with Crippen LogP contribution >= 0.6 is 0 Å². The summed E-state index contributed by atoms with van der Waals surface area (Å²) >= 11 is 0. The van der Waals surface area contributed by atoms with Gasteiger partial charge >= 0.3 is 0 Å². The number of nitrogens with zero attached hydrogens (tertiary/aromatic N) is 1. The molecule has 0 aliphatic heterocycles. The van der Waals surface area contributed by atoms with Crippen molar-refractivity contribution in [3.63, 3.8) is 0 Å². The number of hydrogen-bond acceptors (Lipinski definition) is 2. The molecule has 3 nitrogen and oxygen atoms in total. The smallest absolute Gasteiger partial charge is 0.252 e. The number of benzene rings is 3. The molecule has 1 amide bonds. The van der Waals surface area contributed by atoms with Gasteiger partial charge in [-0.25, -0.2) is 4.98 Å². The Labute approximate surface area is 203 Å². The molecule has 0 spiro atoms. The van der Waals surface area contributed by atoms with Gasteiger partial charge < -0.3 is 5.32 Å². The van der Waals surface area contributed by atoms with Crippen molar-refractivity contribution < 1.29 is 4.79 Å². The van der Waals surface area contributed by atoms with E-state index in [0.29, 0.717) is 17.4 Å². The summed E-state index contributed by atoms with van der Waals surface area (Å²) in [7, 11) is 0. The normalized spacial score (nSPS) is 12.3. The Morgan fingerprint density at radius 3 is 2.12 bits per heavy atom. The van der Waals surface area contributed by atoms with E-state index in [1.165, 1.54) is 11.1 Å². The molecule has 4 aromatic rings. The summed E-state index contributed by atoms with van der Waals surface area (Å²) < 4.78 is 0. The van der Waals surface area contributed by atoms with Crippen LogP contribution in [-0.4, -0.2) is 10.9 Å². The molecular formula is C31H34N2O. The Balaban J connectivity index is 1.64. The Morgan fingerprint density at radius 2 is 1.47 bits per heavy atom. The standard InChI is InChI=1S/C31H34N2O/c1-20(2)18-23-10-12-26(13-11-23)30-19-28(27-8-6-7-9-29(27)33-30)31(34)32-22(5)25-16-14-24(15-17-25)21(3)4/h6-17,19-22H,18H2,1-5H3,(H,32,34)/t22-/m1/s1. The van der Waals surface area contributed by atoms with Gasteiger partial charge in [0.25, 0.3) is 5.91 Å². The highest BCUT2D eigenvalue weighted by molar-refractivity contribution is 6.07. The van der Waals surface area contributed by atoms with E-state index in [2.05, 4.69) is 81.5 Å². The zero-order valence-electron chi connectivity index (χ0n) is 20.8. The number of fused-ring (bicyclic) bond motifs is 1. The van der Waals surface area contributed by atoms with Gasteiger partial charge in [0.15, 0.2) is 0 Å². The van der Waals surface area contributed by atoms with E-state index >= 15 is 0 Å². The van der Waals surface area contributed by atoms with Crippen LogP contribution in [0.3, 0.4) is 0 Å². The van der Waals surface area contributed by atoms with Crippen LogP contribution in [0.4, 0.5) is 0 Å². The van der Waals surface area contributed by atoms with Crippen LogP contribution in [0.25, 0.3) is 22.2 Å². The molecule has 1 heterocycles. The molecule has 4 rings (SSSR count). The van der Waals surface area contributed by atoms with Crippen LogP contribution in [0.2, 0.25) is 0 Å². The average Bonchev–Trinajstić information content (AvgIpc) is 2.83. The van der Waals surface area contributed by atoms with E-state index in [1.807, 2.05) is 37.3 Å². The molecule has 34 heavy (non-hydrogen) atoms. The molecule has 1 N–H and O–H groups in total. The number of hydrogen-bond donors (Lipinski definition) is 1. The van der Waals surface area contributed by atoms with Crippen LogP contribution in [0.15, 0.2) is 78.9 Å². The molecule has 0 aliphatic rings. The minimum Gasteiger partial charge on any atom is -0.345 e. The van der Waals surface area contributed by atoms with Crippen molar-refractivity contribution in [3.8, 4) is 11.3 Å². The molecule has 1 aromatic heterocycles. The fourth-order valence-corrected chi connectivity index (χ4v) is 4.32. The van der Waals surface area contributed by atoms with E-state index in [-0.39, 0.29) is 11.9 Å². The number of carbonyl (C=O) groups excluding carboxylic acids is 1. The third-order valence-corrected chi connectivity index (χ3v) is 6.31. The van der Waals surface area contributed by atoms with E-state index in [9.17, 15) is 4.79 Å². The maximum absolute atomic E-state index is 13.4. The number of para-hydroxylation sites is 1. The fourth-order valence-electron chi connectivity index (χ4n) is 4.32. The van der Waals surface area contributed by atoms with E-state index in [4.69, 9.17) is 4.98 Å². The first kappa shape index (κ1) is 23.7. The zero-order chi connectivity index (χ0) is 24.2. The predicted molar refractivity (Wildman–Crippen MR) is 142 cm³/mol. The number of carbonyl (C=O) groups is 1. The van der Waals surface area contributed by atoms with Gasteiger partial charge in [0.2, 0.25) is 0 Å². The van der Waals surface area contributed by atoms with Gasteiger partial charge in [0.1, 0.15) is 0 Å². The lowest BCUT2D eigenvalue weighted by Crippen LogP contribution is -2.27. The van der Waals surface area contributed by atoms with Gasteiger partial charge in [-0.1, -0.05) is 94.4 Å². The first-order chi connectivity index (χ1) is 16.3. The van der Waals surface area contributed by atoms with Gasteiger partial charge in [-0.3, -0.25) is 4.79 Å². The summed E-state index contributed by atoms with van der Waals surface area (Å²) in [5.74, 6) is 1.01. The molecule has 0 aliphatic carbocycles. The molecule has 0 saturated heterocycles. The minimum absolute atomic E-state index is 0.0864. The third kappa shape index (κ3) is 5.36. The van der Waals surface area contributed by atoms with Gasteiger partial charge in [0, 0.05) is 10.9 Å². The second kappa shape index (κ2) is 10.2. The number of rotatable bonds is 7. The Kier molecular flexibility index (Phi) is 7.12. The maximum Gasteiger partial charge on any atom is 0.252 e. The maximum atomic E-state index is 13.4. The van der Waals surface area contributed by atoms with Crippen molar-refractivity contribution >= 4 is 16.8 Å². The summed E-state index contributed by atoms with van der Waals surface area (Å²) in [6.07, 6.45) is 1.05. The fraction of sp³-hybridized carbons (Fsp3) is 0.290. The van der Waals surface area contributed by atoms with Crippen LogP contribution < -0.4 is 5.32 Å².